The lowest BCUT2D eigenvalue weighted by atomic mass is 9.81. The van der Waals surface area contributed by atoms with E-state index in [1.165, 1.54) is 12.1 Å². The molecule has 6 nitrogen and oxygen atoms in total. The predicted molar refractivity (Wildman–Crippen MR) is 97.8 cm³/mol. The second-order valence-corrected chi connectivity index (χ2v) is 9.63. The summed E-state index contributed by atoms with van der Waals surface area (Å²) < 4.78 is 63.1. The summed E-state index contributed by atoms with van der Waals surface area (Å²) in [6.07, 6.45) is -0.994. The third-order valence-corrected chi connectivity index (χ3v) is 7.18. The van der Waals surface area contributed by atoms with Crippen LogP contribution in [-0.2, 0) is 20.8 Å². The van der Waals surface area contributed by atoms with Crippen LogP contribution in [0.1, 0.15) is 32.3 Å². The molecule has 3 rings (SSSR count). The molecule has 1 aromatic rings. The van der Waals surface area contributed by atoms with Gasteiger partial charge in [-0.25, -0.2) is 8.42 Å². The van der Waals surface area contributed by atoms with Crippen LogP contribution < -0.4 is 16.3 Å². The van der Waals surface area contributed by atoms with E-state index in [0.29, 0.717) is 5.56 Å². The zero-order valence-corrected chi connectivity index (χ0v) is 16.1. The minimum atomic E-state index is -4.46. The Kier molecular flexibility index (Phi) is 4.94. The average molecular weight is 406 g/mol. The molecule has 10 heteroatoms. The number of benzene rings is 1. The van der Waals surface area contributed by atoms with Crippen LogP contribution >= 0.6 is 0 Å². The molecule has 1 saturated heterocycles. The van der Waals surface area contributed by atoms with E-state index in [1.807, 2.05) is 13.1 Å². The Morgan fingerprint density at radius 3 is 2.33 bits per heavy atom. The average Bonchev–Trinajstić information content (AvgIpc) is 2.99. The molecule has 3 atom stereocenters. The van der Waals surface area contributed by atoms with Crippen molar-refractivity contribution in [2.75, 3.05) is 13.3 Å². The number of nitrogens with zero attached hydrogens (tertiary/aromatic N) is 1. The predicted octanol–water partition coefficient (Wildman–Crippen LogP) is 2.13. The number of nitrogens with one attached hydrogen (secondary N) is 3. The molecule has 0 aliphatic carbocycles. The van der Waals surface area contributed by atoms with E-state index >= 15 is 0 Å². The molecular formula is C17H25F3N4O2S. The Morgan fingerprint density at radius 1 is 1.22 bits per heavy atom. The molecule has 152 valence electrons. The third kappa shape index (κ3) is 3.78. The van der Waals surface area contributed by atoms with Crippen molar-refractivity contribution in [2.45, 2.75) is 42.8 Å². The second kappa shape index (κ2) is 6.68. The van der Waals surface area contributed by atoms with E-state index in [-0.39, 0.29) is 26.4 Å². The second-order valence-electron chi connectivity index (χ2n) is 7.30. The number of hydrogen-bond acceptors (Lipinski definition) is 6. The van der Waals surface area contributed by atoms with Crippen molar-refractivity contribution < 1.29 is 23.0 Å². The van der Waals surface area contributed by atoms with Crippen LogP contribution in [0, 0.1) is 0 Å². The van der Waals surface area contributed by atoms with Gasteiger partial charge in [0.15, 0.2) is 9.84 Å². The fourth-order valence-electron chi connectivity index (χ4n) is 3.89. The molecule has 2 aliphatic rings. The highest BCUT2D eigenvalue weighted by molar-refractivity contribution is 7.91. The Bertz CT molecular complexity index is 845. The van der Waals surface area contributed by atoms with Gasteiger partial charge in [-0.1, -0.05) is 12.1 Å². The van der Waals surface area contributed by atoms with E-state index in [9.17, 15) is 21.6 Å². The van der Waals surface area contributed by atoms with E-state index < -0.39 is 26.3 Å². The lowest BCUT2D eigenvalue weighted by Gasteiger charge is -2.43. The van der Waals surface area contributed by atoms with Gasteiger partial charge in [0, 0.05) is 27.0 Å². The number of rotatable bonds is 3. The quantitative estimate of drug-likeness (QED) is 0.714. The first kappa shape index (κ1) is 20.0. The standard InChI is InChI=1S/C17H23F3N4O2S.H2/c1-11-8-16(27(3,25)26,9-14(21-11)15-10-24(2)23-22-15)12-4-6-13(7-5-12)17(18,19)20;/h4-7,10-11,14,21-23H,8-9H2,1-3H3;1H/t11-,14-,16-;/m0./s1. The maximum absolute atomic E-state index is 12.9. The fraction of sp³-hybridized carbons (Fsp3) is 0.529. The highest BCUT2D eigenvalue weighted by Crippen LogP contribution is 2.44. The number of alkyl halides is 3. The molecule has 1 aromatic carbocycles. The molecule has 0 spiro atoms. The summed E-state index contributed by atoms with van der Waals surface area (Å²) in [6.45, 7) is 1.88. The molecule has 3 N–H and O–H groups in total. The van der Waals surface area contributed by atoms with E-state index in [1.54, 1.807) is 12.1 Å². The first-order valence-corrected chi connectivity index (χ1v) is 10.4. The molecule has 0 amide bonds. The summed E-state index contributed by atoms with van der Waals surface area (Å²) in [4.78, 5) is 0. The monoisotopic (exact) mass is 406 g/mol. The minimum Gasteiger partial charge on any atom is -0.306 e. The lowest BCUT2D eigenvalue weighted by Crippen LogP contribution is -2.56. The van der Waals surface area contributed by atoms with Crippen molar-refractivity contribution in [3.63, 3.8) is 0 Å². The maximum Gasteiger partial charge on any atom is 0.416 e. The van der Waals surface area contributed by atoms with E-state index in [4.69, 9.17) is 0 Å². The molecule has 0 radical (unpaired) electrons. The van der Waals surface area contributed by atoms with E-state index in [0.717, 1.165) is 24.1 Å². The number of piperidine rings is 1. The smallest absolute Gasteiger partial charge is 0.306 e. The topological polar surface area (TPSA) is 73.5 Å². The molecule has 0 saturated carbocycles. The summed E-state index contributed by atoms with van der Waals surface area (Å²) in [5.41, 5.74) is 6.26. The van der Waals surface area contributed by atoms with Gasteiger partial charge in [0.25, 0.3) is 0 Å². The molecule has 0 bridgehead atoms. The van der Waals surface area contributed by atoms with Gasteiger partial charge in [0.05, 0.1) is 17.3 Å². The first-order chi connectivity index (χ1) is 12.4. The molecular weight excluding hydrogens is 381 g/mol. The largest absolute Gasteiger partial charge is 0.416 e. The number of hydrogen-bond donors (Lipinski definition) is 3. The van der Waals surface area contributed by atoms with Crippen LogP contribution in [0.3, 0.4) is 0 Å². The zero-order valence-electron chi connectivity index (χ0n) is 15.3. The molecule has 1 fully saturated rings. The SMILES string of the molecule is C[C@H]1C[C@](c2ccc(C(F)(F)F)cc2)(S(C)(=O)=O)C[C@@H](C2=CN(C)NN2)N1.[HH]. The van der Waals surface area contributed by atoms with Crippen LogP contribution in [0.2, 0.25) is 0 Å². The van der Waals surface area contributed by atoms with Crippen LogP contribution in [0.4, 0.5) is 13.2 Å². The summed E-state index contributed by atoms with van der Waals surface area (Å²) in [5, 5.41) is 5.07. The number of hydrazine groups is 2. The van der Waals surface area contributed by atoms with Gasteiger partial charge in [-0.05, 0) is 37.5 Å². The Labute approximate surface area is 158 Å². The molecule has 2 aliphatic heterocycles. The van der Waals surface area contributed by atoms with Gasteiger partial charge in [0.1, 0.15) is 4.75 Å². The molecule has 0 aromatic heterocycles. The highest BCUT2D eigenvalue weighted by Gasteiger charge is 2.49. The molecule has 0 unspecified atom stereocenters. The lowest BCUT2D eigenvalue weighted by molar-refractivity contribution is -0.137. The van der Waals surface area contributed by atoms with Gasteiger partial charge >= 0.3 is 6.18 Å². The van der Waals surface area contributed by atoms with Gasteiger partial charge in [-0.15, -0.1) is 5.53 Å². The van der Waals surface area contributed by atoms with Crippen molar-refractivity contribution in [1.82, 2.24) is 21.3 Å². The van der Waals surface area contributed by atoms with Gasteiger partial charge in [0.2, 0.25) is 0 Å². The maximum atomic E-state index is 12.9. The van der Waals surface area contributed by atoms with Crippen molar-refractivity contribution in [2.24, 2.45) is 0 Å². The van der Waals surface area contributed by atoms with Crippen LogP contribution in [0.15, 0.2) is 36.2 Å². The van der Waals surface area contributed by atoms with Crippen molar-refractivity contribution in [1.29, 1.82) is 0 Å². The minimum absolute atomic E-state index is 0. The van der Waals surface area contributed by atoms with Crippen LogP contribution in [0.25, 0.3) is 0 Å². The van der Waals surface area contributed by atoms with Crippen molar-refractivity contribution >= 4 is 9.84 Å². The summed E-state index contributed by atoms with van der Waals surface area (Å²) in [6, 6.07) is 4.05. The number of sulfone groups is 1. The Balaban J connectivity index is 0.00000280. The fourth-order valence-corrected chi connectivity index (χ4v) is 5.47. The van der Waals surface area contributed by atoms with Gasteiger partial charge in [-0.3, -0.25) is 5.01 Å². The Morgan fingerprint density at radius 2 is 1.85 bits per heavy atom. The summed E-state index contributed by atoms with van der Waals surface area (Å²) >= 11 is 0. The van der Waals surface area contributed by atoms with Crippen molar-refractivity contribution in [3.05, 3.63) is 47.3 Å². The third-order valence-electron chi connectivity index (χ3n) is 5.19. The van der Waals surface area contributed by atoms with Crippen LogP contribution in [0.5, 0.6) is 0 Å². The molecule has 2 heterocycles. The highest BCUT2D eigenvalue weighted by atomic mass is 32.2. The van der Waals surface area contributed by atoms with Gasteiger partial charge in [-0.2, -0.15) is 13.2 Å². The summed E-state index contributed by atoms with van der Waals surface area (Å²) in [7, 11) is -1.81. The Hall–Kier alpha value is -1.78. The summed E-state index contributed by atoms with van der Waals surface area (Å²) in [5.74, 6) is 0. The zero-order chi connectivity index (χ0) is 20.0. The van der Waals surface area contributed by atoms with Crippen LogP contribution in [-0.4, -0.2) is 38.8 Å². The molecule has 27 heavy (non-hydrogen) atoms. The van der Waals surface area contributed by atoms with Crippen molar-refractivity contribution in [3.8, 4) is 0 Å². The van der Waals surface area contributed by atoms with E-state index in [2.05, 4.69) is 16.3 Å². The number of halogens is 3. The normalized spacial score (nSPS) is 29.4. The first-order valence-electron chi connectivity index (χ1n) is 8.52. The van der Waals surface area contributed by atoms with Gasteiger partial charge < -0.3 is 10.7 Å².